The molecule has 1 fully saturated rings. The molecule has 1 aliphatic carbocycles. The van der Waals surface area contributed by atoms with E-state index in [-0.39, 0.29) is 0 Å². The van der Waals surface area contributed by atoms with Gasteiger partial charge >= 0.3 is 0 Å². The largest absolute Gasteiger partial charge is 0.330 e. The Labute approximate surface area is 64.0 Å². The van der Waals surface area contributed by atoms with Crippen LogP contribution in [0.25, 0.3) is 0 Å². The molecule has 0 heterocycles. The molecule has 60 valence electrons. The second-order valence-electron chi connectivity index (χ2n) is 4.35. The zero-order valence-electron chi connectivity index (χ0n) is 7.19. The van der Waals surface area contributed by atoms with Gasteiger partial charge in [0.15, 0.2) is 0 Å². The number of hydrogen-bond acceptors (Lipinski definition) is 1. The van der Waals surface area contributed by atoms with E-state index in [4.69, 9.17) is 5.73 Å². The minimum absolute atomic E-state index is 0.391. The first-order valence-electron chi connectivity index (χ1n) is 4.34. The predicted octanol–water partition coefficient (Wildman–Crippen LogP) is 2.16. The second kappa shape index (κ2) is 2.91. The zero-order chi connectivity index (χ0) is 7.61. The molecule has 0 aromatic carbocycles. The monoisotopic (exact) mass is 141 g/mol. The van der Waals surface area contributed by atoms with Crippen LogP contribution in [0, 0.1) is 11.3 Å². The molecule has 0 radical (unpaired) electrons. The van der Waals surface area contributed by atoms with Crippen molar-refractivity contribution < 1.29 is 0 Å². The van der Waals surface area contributed by atoms with E-state index in [1.54, 1.807) is 0 Å². The summed E-state index contributed by atoms with van der Waals surface area (Å²) >= 11 is 0. The molecule has 2 N–H and O–H groups in total. The van der Waals surface area contributed by atoms with Crippen LogP contribution < -0.4 is 5.73 Å². The van der Waals surface area contributed by atoms with Gasteiger partial charge in [-0.05, 0) is 30.7 Å². The lowest BCUT2D eigenvalue weighted by molar-refractivity contribution is 0.328. The maximum atomic E-state index is 5.61. The normalized spacial score (nSPS) is 19.5. The van der Waals surface area contributed by atoms with Gasteiger partial charge < -0.3 is 5.73 Å². The molecular formula is C9H19N. The molecule has 0 aliphatic heterocycles. The summed E-state index contributed by atoms with van der Waals surface area (Å²) in [5.74, 6) is 1.06. The van der Waals surface area contributed by atoms with Gasteiger partial charge in [-0.15, -0.1) is 0 Å². The summed E-state index contributed by atoms with van der Waals surface area (Å²) in [5, 5.41) is 0. The van der Waals surface area contributed by atoms with Gasteiger partial charge in [-0.3, -0.25) is 0 Å². The summed E-state index contributed by atoms with van der Waals surface area (Å²) < 4.78 is 0. The molecule has 1 nitrogen and oxygen atoms in total. The van der Waals surface area contributed by atoms with E-state index in [0.717, 1.165) is 12.5 Å². The highest BCUT2D eigenvalue weighted by Gasteiger charge is 2.24. The minimum atomic E-state index is 0.391. The van der Waals surface area contributed by atoms with Gasteiger partial charge in [-0.1, -0.05) is 26.7 Å². The molecule has 1 heteroatoms. The zero-order valence-corrected chi connectivity index (χ0v) is 7.19. The third kappa shape index (κ3) is 2.70. The summed E-state index contributed by atoms with van der Waals surface area (Å²) in [6.07, 6.45) is 5.67. The molecule has 10 heavy (non-hydrogen) atoms. The first kappa shape index (κ1) is 8.06. The van der Waals surface area contributed by atoms with Crippen LogP contribution in [0.2, 0.25) is 0 Å². The summed E-state index contributed by atoms with van der Waals surface area (Å²) in [6, 6.07) is 0. The fourth-order valence-corrected chi connectivity index (χ4v) is 1.10. The predicted molar refractivity (Wildman–Crippen MR) is 44.8 cm³/mol. The minimum Gasteiger partial charge on any atom is -0.330 e. The lowest BCUT2D eigenvalue weighted by Gasteiger charge is -2.21. The van der Waals surface area contributed by atoms with Gasteiger partial charge in [-0.2, -0.15) is 0 Å². The van der Waals surface area contributed by atoms with E-state index in [1.807, 2.05) is 0 Å². The molecule has 1 aliphatic rings. The third-order valence-corrected chi connectivity index (χ3v) is 2.48. The quantitative estimate of drug-likeness (QED) is 0.638. The first-order valence-corrected chi connectivity index (χ1v) is 4.34. The highest BCUT2D eigenvalue weighted by Crippen LogP contribution is 2.36. The van der Waals surface area contributed by atoms with Crippen molar-refractivity contribution in [3.05, 3.63) is 0 Å². The van der Waals surface area contributed by atoms with Gasteiger partial charge in [0.05, 0.1) is 0 Å². The van der Waals surface area contributed by atoms with Crippen molar-refractivity contribution >= 4 is 0 Å². The molecule has 0 saturated heterocycles. The van der Waals surface area contributed by atoms with Gasteiger partial charge in [0, 0.05) is 0 Å². The van der Waals surface area contributed by atoms with E-state index in [1.165, 1.54) is 25.7 Å². The van der Waals surface area contributed by atoms with Crippen LogP contribution in [0.15, 0.2) is 0 Å². The maximum absolute atomic E-state index is 5.61. The van der Waals surface area contributed by atoms with Crippen LogP contribution in [0.4, 0.5) is 0 Å². The van der Waals surface area contributed by atoms with Gasteiger partial charge in [0.1, 0.15) is 0 Å². The SMILES string of the molecule is CC(C)(CN)CCC1CC1. The highest BCUT2D eigenvalue weighted by atomic mass is 14.6. The van der Waals surface area contributed by atoms with Gasteiger partial charge in [0.2, 0.25) is 0 Å². The summed E-state index contributed by atoms with van der Waals surface area (Å²) in [5.41, 5.74) is 6.00. The van der Waals surface area contributed by atoms with E-state index >= 15 is 0 Å². The Kier molecular flexibility index (Phi) is 2.35. The van der Waals surface area contributed by atoms with Gasteiger partial charge in [-0.25, -0.2) is 0 Å². The standard InChI is InChI=1S/C9H19N/c1-9(2,7-10)6-5-8-3-4-8/h8H,3-7,10H2,1-2H3. The highest BCUT2D eigenvalue weighted by molar-refractivity contribution is 4.77. The molecule has 1 saturated carbocycles. The Morgan fingerprint density at radius 2 is 2.00 bits per heavy atom. The Morgan fingerprint density at radius 1 is 1.40 bits per heavy atom. The lowest BCUT2D eigenvalue weighted by atomic mass is 9.87. The Balaban J connectivity index is 2.09. The van der Waals surface area contributed by atoms with Crippen molar-refractivity contribution in [2.75, 3.05) is 6.54 Å². The van der Waals surface area contributed by atoms with Crippen molar-refractivity contribution in [1.82, 2.24) is 0 Å². The topological polar surface area (TPSA) is 26.0 Å². The fraction of sp³-hybridized carbons (Fsp3) is 1.00. The Hall–Kier alpha value is -0.0400. The molecule has 0 aromatic heterocycles. The average Bonchev–Trinajstić information content (AvgIpc) is 2.66. The first-order chi connectivity index (χ1) is 4.64. The fourth-order valence-electron chi connectivity index (χ4n) is 1.10. The molecule has 0 unspecified atom stereocenters. The van der Waals surface area contributed by atoms with Crippen molar-refractivity contribution in [2.24, 2.45) is 17.1 Å². The number of rotatable bonds is 4. The Bertz CT molecular complexity index is 103. The van der Waals surface area contributed by atoms with Crippen LogP contribution in [0.3, 0.4) is 0 Å². The van der Waals surface area contributed by atoms with E-state index in [2.05, 4.69) is 13.8 Å². The van der Waals surface area contributed by atoms with Crippen molar-refractivity contribution in [3.63, 3.8) is 0 Å². The van der Waals surface area contributed by atoms with Crippen molar-refractivity contribution in [2.45, 2.75) is 39.5 Å². The van der Waals surface area contributed by atoms with Gasteiger partial charge in [0.25, 0.3) is 0 Å². The number of nitrogens with two attached hydrogens (primary N) is 1. The molecule has 0 amide bonds. The van der Waals surface area contributed by atoms with E-state index in [9.17, 15) is 0 Å². The Morgan fingerprint density at radius 3 is 2.40 bits per heavy atom. The molecule has 0 spiro atoms. The van der Waals surface area contributed by atoms with Crippen LogP contribution in [0.5, 0.6) is 0 Å². The van der Waals surface area contributed by atoms with Crippen LogP contribution in [-0.4, -0.2) is 6.54 Å². The van der Waals surface area contributed by atoms with Crippen molar-refractivity contribution in [3.8, 4) is 0 Å². The summed E-state index contributed by atoms with van der Waals surface area (Å²) in [6.45, 7) is 5.35. The van der Waals surface area contributed by atoms with E-state index < -0.39 is 0 Å². The average molecular weight is 141 g/mol. The second-order valence-corrected chi connectivity index (χ2v) is 4.35. The van der Waals surface area contributed by atoms with Crippen LogP contribution in [-0.2, 0) is 0 Å². The van der Waals surface area contributed by atoms with Crippen molar-refractivity contribution in [1.29, 1.82) is 0 Å². The van der Waals surface area contributed by atoms with E-state index in [0.29, 0.717) is 5.41 Å². The lowest BCUT2D eigenvalue weighted by Crippen LogP contribution is -2.23. The summed E-state index contributed by atoms with van der Waals surface area (Å²) in [4.78, 5) is 0. The van der Waals surface area contributed by atoms with Crippen LogP contribution >= 0.6 is 0 Å². The number of hydrogen-bond donors (Lipinski definition) is 1. The third-order valence-electron chi connectivity index (χ3n) is 2.48. The summed E-state index contributed by atoms with van der Waals surface area (Å²) in [7, 11) is 0. The van der Waals surface area contributed by atoms with Crippen LogP contribution in [0.1, 0.15) is 39.5 Å². The molecular weight excluding hydrogens is 122 g/mol. The molecule has 0 bridgehead atoms. The molecule has 0 atom stereocenters. The maximum Gasteiger partial charge on any atom is -0.00258 e. The molecule has 1 rings (SSSR count). The smallest absolute Gasteiger partial charge is 0.00258 e. The molecule has 0 aromatic rings.